The van der Waals surface area contributed by atoms with E-state index in [4.69, 9.17) is 0 Å². The number of amides is 1. The van der Waals surface area contributed by atoms with E-state index in [1.54, 1.807) is 12.5 Å². The smallest absolute Gasteiger partial charge is 0.224 e. The molecule has 0 fully saturated rings. The Labute approximate surface area is 152 Å². The van der Waals surface area contributed by atoms with Crippen molar-refractivity contribution >= 4 is 17.4 Å². The summed E-state index contributed by atoms with van der Waals surface area (Å²) in [6.07, 6.45) is 5.64. The number of rotatable bonds is 6. The molecule has 0 saturated heterocycles. The lowest BCUT2D eigenvalue weighted by molar-refractivity contribution is -0.116. The summed E-state index contributed by atoms with van der Waals surface area (Å²) < 4.78 is 1.88. The van der Waals surface area contributed by atoms with Crippen molar-refractivity contribution in [3.05, 3.63) is 77.9 Å². The highest BCUT2D eigenvalue weighted by molar-refractivity contribution is 6.00. The van der Waals surface area contributed by atoms with E-state index < -0.39 is 0 Å². The fourth-order valence-electron chi connectivity index (χ4n) is 2.64. The summed E-state index contributed by atoms with van der Waals surface area (Å²) in [4.78, 5) is 28.4. The van der Waals surface area contributed by atoms with Crippen LogP contribution in [0.25, 0.3) is 5.69 Å². The number of aryl methyl sites for hydroxylation is 2. The third-order valence-electron chi connectivity index (χ3n) is 4.36. The Morgan fingerprint density at radius 2 is 1.77 bits per heavy atom. The fourth-order valence-corrected chi connectivity index (χ4v) is 2.64. The van der Waals surface area contributed by atoms with Gasteiger partial charge in [-0.25, -0.2) is 4.98 Å². The van der Waals surface area contributed by atoms with Crippen LogP contribution in [0.4, 0.5) is 5.69 Å². The number of imidazole rings is 1. The molecule has 5 heteroatoms. The van der Waals surface area contributed by atoms with Crippen molar-refractivity contribution in [3.63, 3.8) is 0 Å². The lowest BCUT2D eigenvalue weighted by atomic mass is 10.0. The van der Waals surface area contributed by atoms with E-state index >= 15 is 0 Å². The summed E-state index contributed by atoms with van der Waals surface area (Å²) in [6.45, 7) is 3.99. The first-order chi connectivity index (χ1) is 12.5. The molecule has 3 aromatic rings. The van der Waals surface area contributed by atoms with Crippen molar-refractivity contribution in [2.75, 3.05) is 5.32 Å². The molecule has 0 atom stereocenters. The second kappa shape index (κ2) is 7.78. The van der Waals surface area contributed by atoms with Crippen molar-refractivity contribution in [2.24, 2.45) is 0 Å². The average molecular weight is 347 g/mol. The molecule has 0 spiro atoms. The molecule has 1 heterocycles. The number of nitrogens with one attached hydrogen (secondary N) is 1. The van der Waals surface area contributed by atoms with Crippen molar-refractivity contribution in [1.82, 2.24) is 9.55 Å². The van der Waals surface area contributed by atoms with E-state index in [9.17, 15) is 9.59 Å². The maximum Gasteiger partial charge on any atom is 0.224 e. The van der Waals surface area contributed by atoms with Crippen molar-refractivity contribution in [3.8, 4) is 5.69 Å². The molecule has 0 aliphatic carbocycles. The molecule has 26 heavy (non-hydrogen) atoms. The number of hydrogen-bond acceptors (Lipinski definition) is 3. The molecule has 1 N–H and O–H groups in total. The van der Waals surface area contributed by atoms with Gasteiger partial charge < -0.3 is 9.88 Å². The molecule has 5 nitrogen and oxygen atoms in total. The van der Waals surface area contributed by atoms with Gasteiger partial charge in [0.15, 0.2) is 5.78 Å². The summed E-state index contributed by atoms with van der Waals surface area (Å²) in [7, 11) is 0. The maximum absolute atomic E-state index is 12.3. The number of aromatic nitrogens is 2. The third kappa shape index (κ3) is 4.25. The minimum absolute atomic E-state index is 0.0151. The van der Waals surface area contributed by atoms with Crippen LogP contribution in [0, 0.1) is 13.8 Å². The first kappa shape index (κ1) is 17.6. The van der Waals surface area contributed by atoms with Crippen LogP contribution in [0.3, 0.4) is 0 Å². The van der Waals surface area contributed by atoms with Gasteiger partial charge in [0, 0.05) is 42.2 Å². The number of carbonyl (C=O) groups excluding carboxylic acids is 2. The van der Waals surface area contributed by atoms with Gasteiger partial charge in [-0.3, -0.25) is 9.59 Å². The largest absolute Gasteiger partial charge is 0.326 e. The molecule has 1 aromatic heterocycles. The van der Waals surface area contributed by atoms with E-state index in [1.807, 2.05) is 67.1 Å². The lowest BCUT2D eigenvalue weighted by Crippen LogP contribution is -2.13. The number of benzene rings is 2. The molecule has 0 bridgehead atoms. The van der Waals surface area contributed by atoms with Crippen molar-refractivity contribution in [2.45, 2.75) is 26.7 Å². The van der Waals surface area contributed by atoms with Gasteiger partial charge in [-0.1, -0.05) is 12.1 Å². The van der Waals surface area contributed by atoms with Crippen LogP contribution in [-0.4, -0.2) is 21.2 Å². The summed E-state index contributed by atoms with van der Waals surface area (Å²) in [5.74, 6) is -0.184. The fraction of sp³-hybridized carbons (Fsp3) is 0.190. The summed E-state index contributed by atoms with van der Waals surface area (Å²) in [6, 6.07) is 13.1. The number of Topliss-reactive ketones (excluding diaryl/α,β-unsaturated/α-hetero) is 1. The zero-order valence-corrected chi connectivity index (χ0v) is 14.9. The van der Waals surface area contributed by atoms with Crippen LogP contribution in [0.1, 0.15) is 34.3 Å². The zero-order chi connectivity index (χ0) is 18.5. The minimum atomic E-state index is -0.169. The van der Waals surface area contributed by atoms with E-state index in [-0.39, 0.29) is 24.5 Å². The second-order valence-electron chi connectivity index (χ2n) is 6.29. The Kier molecular flexibility index (Phi) is 5.27. The number of nitrogens with zero attached hydrogens (tertiary/aromatic N) is 2. The highest BCUT2D eigenvalue weighted by Crippen LogP contribution is 2.15. The van der Waals surface area contributed by atoms with Gasteiger partial charge in [0.2, 0.25) is 5.91 Å². The molecule has 0 saturated carbocycles. The standard InChI is InChI=1S/C21H21N3O2/c1-15-3-4-17(13-16(15)2)20(25)9-10-21(26)23-18-5-7-19(8-6-18)24-12-11-22-14-24/h3-8,11-14H,9-10H2,1-2H3,(H,23,26). The Balaban J connectivity index is 1.53. The quantitative estimate of drug-likeness (QED) is 0.683. The van der Waals surface area contributed by atoms with Gasteiger partial charge in [0.25, 0.3) is 0 Å². The Morgan fingerprint density at radius 1 is 1.00 bits per heavy atom. The molecule has 0 unspecified atom stereocenters. The predicted octanol–water partition coefficient (Wildman–Crippen LogP) is 4.09. The Hall–Kier alpha value is -3.21. The van der Waals surface area contributed by atoms with Crippen LogP contribution in [0.15, 0.2) is 61.2 Å². The first-order valence-corrected chi connectivity index (χ1v) is 8.51. The summed E-state index contributed by atoms with van der Waals surface area (Å²) >= 11 is 0. The molecule has 132 valence electrons. The van der Waals surface area contributed by atoms with Crippen LogP contribution >= 0.6 is 0 Å². The predicted molar refractivity (Wildman–Crippen MR) is 102 cm³/mol. The van der Waals surface area contributed by atoms with Crippen molar-refractivity contribution < 1.29 is 9.59 Å². The topological polar surface area (TPSA) is 64.0 Å². The molecule has 0 radical (unpaired) electrons. The van der Waals surface area contributed by atoms with E-state index in [2.05, 4.69) is 10.3 Å². The van der Waals surface area contributed by atoms with Crippen LogP contribution < -0.4 is 5.32 Å². The molecule has 1 amide bonds. The summed E-state index contributed by atoms with van der Waals surface area (Å²) in [5.41, 5.74) is 4.56. The lowest BCUT2D eigenvalue weighted by Gasteiger charge is -2.08. The van der Waals surface area contributed by atoms with Gasteiger partial charge in [0.05, 0.1) is 6.33 Å². The van der Waals surface area contributed by atoms with Crippen LogP contribution in [0.5, 0.6) is 0 Å². The number of hydrogen-bond donors (Lipinski definition) is 1. The third-order valence-corrected chi connectivity index (χ3v) is 4.36. The molecule has 3 rings (SSSR count). The number of carbonyl (C=O) groups is 2. The number of anilines is 1. The number of ketones is 1. The minimum Gasteiger partial charge on any atom is -0.326 e. The summed E-state index contributed by atoms with van der Waals surface area (Å²) in [5, 5.41) is 2.83. The average Bonchev–Trinajstić information content (AvgIpc) is 3.17. The molecular weight excluding hydrogens is 326 g/mol. The highest BCUT2D eigenvalue weighted by Gasteiger charge is 2.10. The van der Waals surface area contributed by atoms with Gasteiger partial charge in [-0.15, -0.1) is 0 Å². The van der Waals surface area contributed by atoms with Gasteiger partial charge in [-0.2, -0.15) is 0 Å². The second-order valence-corrected chi connectivity index (χ2v) is 6.29. The Morgan fingerprint density at radius 3 is 2.42 bits per heavy atom. The highest BCUT2D eigenvalue weighted by atomic mass is 16.2. The van der Waals surface area contributed by atoms with Gasteiger partial charge in [-0.05, 0) is 55.3 Å². The van der Waals surface area contributed by atoms with Crippen LogP contribution in [0.2, 0.25) is 0 Å². The van der Waals surface area contributed by atoms with E-state index in [1.165, 1.54) is 0 Å². The molecule has 2 aromatic carbocycles. The van der Waals surface area contributed by atoms with Gasteiger partial charge in [0.1, 0.15) is 0 Å². The first-order valence-electron chi connectivity index (χ1n) is 8.51. The van der Waals surface area contributed by atoms with E-state index in [0.29, 0.717) is 11.3 Å². The molecule has 0 aliphatic heterocycles. The normalized spacial score (nSPS) is 10.5. The molecule has 0 aliphatic rings. The van der Waals surface area contributed by atoms with Gasteiger partial charge >= 0.3 is 0 Å². The molecular formula is C21H21N3O2. The zero-order valence-electron chi connectivity index (χ0n) is 14.9. The SMILES string of the molecule is Cc1ccc(C(=O)CCC(=O)Nc2ccc(-n3ccnc3)cc2)cc1C. The van der Waals surface area contributed by atoms with Crippen LogP contribution in [-0.2, 0) is 4.79 Å². The Bertz CT molecular complexity index is 913. The van der Waals surface area contributed by atoms with Crippen molar-refractivity contribution in [1.29, 1.82) is 0 Å². The van der Waals surface area contributed by atoms with E-state index in [0.717, 1.165) is 16.8 Å². The maximum atomic E-state index is 12.3. The monoisotopic (exact) mass is 347 g/mol.